The zero-order valence-electron chi connectivity index (χ0n) is 17.4. The Morgan fingerprint density at radius 3 is 2.64 bits per heavy atom. The summed E-state index contributed by atoms with van der Waals surface area (Å²) in [7, 11) is 1.92. The SMILES string of the molecule is Cc1cccc(OCc2nnc(SCC(=O)N3C(C)CCCC3C)n2C)c1C. The van der Waals surface area contributed by atoms with Gasteiger partial charge in [-0.25, -0.2) is 0 Å². The topological polar surface area (TPSA) is 60.3 Å². The molecule has 1 aromatic carbocycles. The van der Waals surface area contributed by atoms with E-state index in [1.807, 2.05) is 28.6 Å². The molecule has 0 N–H and O–H groups in total. The summed E-state index contributed by atoms with van der Waals surface area (Å²) in [4.78, 5) is 14.8. The maximum absolute atomic E-state index is 12.7. The minimum atomic E-state index is 0.181. The monoisotopic (exact) mass is 402 g/mol. The highest BCUT2D eigenvalue weighted by atomic mass is 32.2. The summed E-state index contributed by atoms with van der Waals surface area (Å²) in [5.74, 6) is 2.18. The highest BCUT2D eigenvalue weighted by Crippen LogP contribution is 2.25. The van der Waals surface area contributed by atoms with Crippen LogP contribution in [0.2, 0.25) is 0 Å². The molecule has 2 unspecified atom stereocenters. The van der Waals surface area contributed by atoms with Crippen molar-refractivity contribution in [3.63, 3.8) is 0 Å². The predicted octanol–water partition coefficient (Wildman–Crippen LogP) is 3.89. The molecule has 7 heteroatoms. The van der Waals surface area contributed by atoms with Gasteiger partial charge in [0.1, 0.15) is 12.4 Å². The fourth-order valence-electron chi connectivity index (χ4n) is 3.73. The summed E-state index contributed by atoms with van der Waals surface area (Å²) >= 11 is 1.44. The fraction of sp³-hybridized carbons (Fsp3) is 0.571. The van der Waals surface area contributed by atoms with E-state index < -0.39 is 0 Å². The number of hydrogen-bond donors (Lipinski definition) is 0. The van der Waals surface area contributed by atoms with Gasteiger partial charge in [-0.05, 0) is 64.2 Å². The second kappa shape index (κ2) is 8.99. The normalized spacial score (nSPS) is 19.7. The van der Waals surface area contributed by atoms with Crippen molar-refractivity contribution >= 4 is 17.7 Å². The molecule has 0 aliphatic carbocycles. The highest BCUT2D eigenvalue weighted by molar-refractivity contribution is 7.99. The van der Waals surface area contributed by atoms with Crippen molar-refractivity contribution in [2.75, 3.05) is 5.75 Å². The molecule has 1 amide bonds. The second-order valence-corrected chi connectivity index (χ2v) is 8.61. The number of amides is 1. The smallest absolute Gasteiger partial charge is 0.233 e. The van der Waals surface area contributed by atoms with E-state index in [2.05, 4.69) is 44.0 Å². The van der Waals surface area contributed by atoms with E-state index in [1.165, 1.54) is 23.7 Å². The molecule has 152 valence electrons. The molecule has 2 aromatic rings. The van der Waals surface area contributed by atoms with E-state index in [4.69, 9.17) is 4.74 Å². The first-order valence-electron chi connectivity index (χ1n) is 9.89. The van der Waals surface area contributed by atoms with Crippen molar-refractivity contribution in [1.82, 2.24) is 19.7 Å². The summed E-state index contributed by atoms with van der Waals surface area (Å²) in [5, 5.41) is 9.23. The Labute approximate surface area is 171 Å². The van der Waals surface area contributed by atoms with Crippen LogP contribution in [0, 0.1) is 13.8 Å². The number of ether oxygens (including phenoxy) is 1. The van der Waals surface area contributed by atoms with Crippen LogP contribution in [0.15, 0.2) is 23.4 Å². The molecular formula is C21H30N4O2S. The average molecular weight is 403 g/mol. The molecule has 2 heterocycles. The largest absolute Gasteiger partial charge is 0.485 e. The third-order valence-corrected chi connectivity index (χ3v) is 6.65. The summed E-state index contributed by atoms with van der Waals surface area (Å²) in [6, 6.07) is 6.66. The van der Waals surface area contributed by atoms with Gasteiger partial charge in [-0.3, -0.25) is 4.79 Å². The summed E-state index contributed by atoms with van der Waals surface area (Å²) < 4.78 is 7.85. The van der Waals surface area contributed by atoms with Gasteiger partial charge >= 0.3 is 0 Å². The van der Waals surface area contributed by atoms with E-state index in [9.17, 15) is 4.79 Å². The average Bonchev–Trinajstić information content (AvgIpc) is 3.01. The van der Waals surface area contributed by atoms with Crippen LogP contribution < -0.4 is 4.74 Å². The first kappa shape index (κ1) is 20.7. The van der Waals surface area contributed by atoms with Gasteiger partial charge in [-0.1, -0.05) is 23.9 Å². The lowest BCUT2D eigenvalue weighted by atomic mass is 9.98. The zero-order valence-corrected chi connectivity index (χ0v) is 18.3. The summed E-state index contributed by atoms with van der Waals surface area (Å²) in [5.41, 5.74) is 2.33. The number of rotatable bonds is 6. The fourth-order valence-corrected chi connectivity index (χ4v) is 4.53. The molecule has 0 bridgehead atoms. The number of benzene rings is 1. The van der Waals surface area contributed by atoms with Gasteiger partial charge in [0.05, 0.1) is 5.75 Å². The molecule has 1 saturated heterocycles. The number of carbonyl (C=O) groups is 1. The first-order chi connectivity index (χ1) is 13.4. The Hall–Kier alpha value is -2.02. The maximum atomic E-state index is 12.7. The molecule has 1 aliphatic rings. The molecule has 1 aliphatic heterocycles. The lowest BCUT2D eigenvalue weighted by Gasteiger charge is -2.39. The van der Waals surface area contributed by atoms with E-state index in [-0.39, 0.29) is 5.91 Å². The molecule has 1 aromatic heterocycles. The maximum Gasteiger partial charge on any atom is 0.233 e. The van der Waals surface area contributed by atoms with Gasteiger partial charge in [0, 0.05) is 19.1 Å². The van der Waals surface area contributed by atoms with Crippen molar-refractivity contribution in [2.24, 2.45) is 7.05 Å². The summed E-state index contributed by atoms with van der Waals surface area (Å²) in [6.07, 6.45) is 3.38. The number of aromatic nitrogens is 3. The van der Waals surface area contributed by atoms with Crippen LogP contribution in [0.25, 0.3) is 0 Å². The molecule has 0 spiro atoms. The lowest BCUT2D eigenvalue weighted by Crippen LogP contribution is -2.48. The predicted molar refractivity (Wildman–Crippen MR) is 112 cm³/mol. The van der Waals surface area contributed by atoms with Crippen molar-refractivity contribution in [3.05, 3.63) is 35.2 Å². The molecule has 3 rings (SSSR count). The van der Waals surface area contributed by atoms with Gasteiger partial charge in [0.25, 0.3) is 0 Å². The van der Waals surface area contributed by atoms with Gasteiger partial charge in [0.15, 0.2) is 11.0 Å². The van der Waals surface area contributed by atoms with Crippen LogP contribution in [-0.2, 0) is 18.4 Å². The molecule has 28 heavy (non-hydrogen) atoms. The van der Waals surface area contributed by atoms with Crippen molar-refractivity contribution in [3.8, 4) is 5.75 Å². The van der Waals surface area contributed by atoms with Gasteiger partial charge in [-0.2, -0.15) is 0 Å². The van der Waals surface area contributed by atoms with Crippen molar-refractivity contribution < 1.29 is 9.53 Å². The van der Waals surface area contributed by atoms with Crippen LogP contribution in [0.4, 0.5) is 0 Å². The molecular weight excluding hydrogens is 372 g/mol. The lowest BCUT2D eigenvalue weighted by molar-refractivity contribution is -0.134. The quantitative estimate of drug-likeness (QED) is 0.686. The number of aryl methyl sites for hydroxylation is 1. The number of carbonyl (C=O) groups excluding carboxylic acids is 1. The van der Waals surface area contributed by atoms with E-state index in [0.717, 1.165) is 35.1 Å². The van der Waals surface area contributed by atoms with E-state index in [0.29, 0.717) is 24.4 Å². The Morgan fingerprint density at radius 1 is 1.21 bits per heavy atom. The van der Waals surface area contributed by atoms with Gasteiger partial charge in [0.2, 0.25) is 5.91 Å². The van der Waals surface area contributed by atoms with Crippen LogP contribution in [-0.4, -0.2) is 43.4 Å². The Balaban J connectivity index is 1.58. The molecule has 1 fully saturated rings. The number of piperidine rings is 1. The Morgan fingerprint density at radius 2 is 1.93 bits per heavy atom. The number of hydrogen-bond acceptors (Lipinski definition) is 5. The van der Waals surface area contributed by atoms with Crippen molar-refractivity contribution in [1.29, 1.82) is 0 Å². The Bertz CT molecular complexity index is 826. The van der Waals surface area contributed by atoms with Gasteiger partial charge < -0.3 is 14.2 Å². The minimum Gasteiger partial charge on any atom is -0.485 e. The molecule has 6 nitrogen and oxygen atoms in total. The third-order valence-electron chi connectivity index (χ3n) is 5.64. The van der Waals surface area contributed by atoms with E-state index >= 15 is 0 Å². The highest BCUT2D eigenvalue weighted by Gasteiger charge is 2.29. The number of likely N-dealkylation sites (tertiary alicyclic amines) is 1. The summed E-state index contributed by atoms with van der Waals surface area (Å²) in [6.45, 7) is 8.76. The van der Waals surface area contributed by atoms with Crippen LogP contribution >= 0.6 is 11.8 Å². The van der Waals surface area contributed by atoms with Gasteiger partial charge in [-0.15, -0.1) is 10.2 Å². The number of thioether (sulfide) groups is 1. The second-order valence-electron chi connectivity index (χ2n) is 7.66. The van der Waals surface area contributed by atoms with Crippen LogP contribution in [0.1, 0.15) is 50.1 Å². The molecule has 2 atom stereocenters. The standard InChI is InChI=1S/C21H30N4O2S/c1-14-8-6-11-18(17(14)4)27-12-19-22-23-21(24(19)5)28-13-20(26)25-15(2)9-7-10-16(25)3/h6,8,11,15-16H,7,9-10,12-13H2,1-5H3. The van der Waals surface area contributed by atoms with Crippen LogP contribution in [0.3, 0.4) is 0 Å². The number of nitrogens with zero attached hydrogens (tertiary/aromatic N) is 4. The Kier molecular flexibility index (Phi) is 6.65. The molecule has 0 saturated carbocycles. The molecule has 0 radical (unpaired) electrons. The third kappa shape index (κ3) is 4.51. The first-order valence-corrected chi connectivity index (χ1v) is 10.9. The zero-order chi connectivity index (χ0) is 20.3. The van der Waals surface area contributed by atoms with Crippen molar-refractivity contribution in [2.45, 2.75) is 70.8 Å². The minimum absolute atomic E-state index is 0.181. The van der Waals surface area contributed by atoms with E-state index in [1.54, 1.807) is 0 Å². The van der Waals surface area contributed by atoms with Crippen LogP contribution in [0.5, 0.6) is 5.75 Å².